The molecule has 118 valence electrons. The normalized spacial score (nSPS) is 13.6. The molecule has 0 aliphatic carbocycles. The van der Waals surface area contributed by atoms with E-state index in [4.69, 9.17) is 9.47 Å². The molecule has 0 saturated carbocycles. The molecule has 0 fully saturated rings. The van der Waals surface area contributed by atoms with E-state index in [-0.39, 0.29) is 5.91 Å². The SMILES string of the molecule is CCCCOc1ccc(NC(=O)C(C)(CC)OC)c(C)n1. The highest BCUT2D eigenvalue weighted by molar-refractivity contribution is 5.97. The smallest absolute Gasteiger partial charge is 0.256 e. The van der Waals surface area contributed by atoms with Crippen LogP contribution < -0.4 is 10.1 Å². The molecule has 0 radical (unpaired) electrons. The van der Waals surface area contributed by atoms with Crippen LogP contribution in [0.5, 0.6) is 5.88 Å². The van der Waals surface area contributed by atoms with Gasteiger partial charge in [0.1, 0.15) is 5.60 Å². The van der Waals surface area contributed by atoms with E-state index in [9.17, 15) is 4.79 Å². The van der Waals surface area contributed by atoms with E-state index in [1.54, 1.807) is 20.1 Å². The molecule has 21 heavy (non-hydrogen) atoms. The topological polar surface area (TPSA) is 60.5 Å². The molecular formula is C16H26N2O3. The number of methoxy groups -OCH3 is 1. The first-order valence-corrected chi connectivity index (χ1v) is 7.43. The van der Waals surface area contributed by atoms with Gasteiger partial charge in [-0.2, -0.15) is 0 Å². The summed E-state index contributed by atoms with van der Waals surface area (Å²) in [6.45, 7) is 8.30. The maximum atomic E-state index is 12.2. The largest absolute Gasteiger partial charge is 0.478 e. The summed E-state index contributed by atoms with van der Waals surface area (Å²) < 4.78 is 10.8. The number of unbranched alkanes of at least 4 members (excludes halogenated alkanes) is 1. The lowest BCUT2D eigenvalue weighted by molar-refractivity contribution is -0.136. The Bertz CT molecular complexity index is 471. The van der Waals surface area contributed by atoms with Crippen molar-refractivity contribution in [3.05, 3.63) is 17.8 Å². The van der Waals surface area contributed by atoms with Gasteiger partial charge in [-0.3, -0.25) is 4.79 Å². The van der Waals surface area contributed by atoms with Crippen LogP contribution in [-0.4, -0.2) is 30.2 Å². The first-order chi connectivity index (χ1) is 9.96. The Morgan fingerprint density at radius 1 is 1.38 bits per heavy atom. The summed E-state index contributed by atoms with van der Waals surface area (Å²) in [5.74, 6) is 0.418. The van der Waals surface area contributed by atoms with Crippen LogP contribution in [0.25, 0.3) is 0 Å². The van der Waals surface area contributed by atoms with Crippen LogP contribution in [0.1, 0.15) is 45.7 Å². The summed E-state index contributed by atoms with van der Waals surface area (Å²) in [5.41, 5.74) is 0.578. The van der Waals surface area contributed by atoms with Crippen LogP contribution >= 0.6 is 0 Å². The Morgan fingerprint density at radius 2 is 2.10 bits per heavy atom. The van der Waals surface area contributed by atoms with Gasteiger partial charge in [0.15, 0.2) is 0 Å². The van der Waals surface area contributed by atoms with Gasteiger partial charge in [0.2, 0.25) is 5.88 Å². The number of anilines is 1. The number of pyridine rings is 1. The molecule has 1 N–H and O–H groups in total. The zero-order valence-corrected chi connectivity index (χ0v) is 13.7. The number of nitrogens with zero attached hydrogens (tertiary/aromatic N) is 1. The number of aromatic nitrogens is 1. The molecule has 0 spiro atoms. The lowest BCUT2D eigenvalue weighted by atomic mass is 10.0. The molecule has 1 aromatic heterocycles. The zero-order valence-electron chi connectivity index (χ0n) is 13.7. The average Bonchev–Trinajstić information content (AvgIpc) is 2.49. The third-order valence-electron chi connectivity index (χ3n) is 3.66. The van der Waals surface area contributed by atoms with Gasteiger partial charge >= 0.3 is 0 Å². The minimum Gasteiger partial charge on any atom is -0.478 e. The number of nitrogens with one attached hydrogen (secondary N) is 1. The molecule has 5 nitrogen and oxygen atoms in total. The quantitative estimate of drug-likeness (QED) is 0.747. The Kier molecular flexibility index (Phi) is 6.62. The summed E-state index contributed by atoms with van der Waals surface area (Å²) in [6.07, 6.45) is 2.68. The molecule has 1 aromatic rings. The molecule has 0 aliphatic heterocycles. The molecule has 1 atom stereocenters. The number of carbonyl (C=O) groups is 1. The maximum Gasteiger partial charge on any atom is 0.256 e. The number of rotatable bonds is 8. The van der Waals surface area contributed by atoms with Gasteiger partial charge in [-0.05, 0) is 32.8 Å². The highest BCUT2D eigenvalue weighted by atomic mass is 16.5. The summed E-state index contributed by atoms with van der Waals surface area (Å²) in [4.78, 5) is 16.6. The molecule has 0 aromatic carbocycles. The van der Waals surface area contributed by atoms with Gasteiger partial charge in [-0.15, -0.1) is 0 Å². The number of hydrogen-bond acceptors (Lipinski definition) is 4. The minimum atomic E-state index is -0.831. The van der Waals surface area contributed by atoms with Crippen LogP contribution in [0.15, 0.2) is 12.1 Å². The first-order valence-electron chi connectivity index (χ1n) is 7.43. The monoisotopic (exact) mass is 294 g/mol. The van der Waals surface area contributed by atoms with E-state index >= 15 is 0 Å². The average molecular weight is 294 g/mol. The van der Waals surface area contributed by atoms with E-state index < -0.39 is 5.60 Å². The summed E-state index contributed by atoms with van der Waals surface area (Å²) in [6, 6.07) is 3.58. The molecule has 0 aliphatic rings. The molecule has 1 amide bonds. The molecule has 0 bridgehead atoms. The molecule has 1 heterocycles. The van der Waals surface area contributed by atoms with Crippen molar-refractivity contribution in [1.29, 1.82) is 0 Å². The fourth-order valence-corrected chi connectivity index (χ4v) is 1.72. The van der Waals surface area contributed by atoms with Crippen LogP contribution in [0.3, 0.4) is 0 Å². The second-order valence-electron chi connectivity index (χ2n) is 5.23. The first kappa shape index (κ1) is 17.4. The van der Waals surface area contributed by atoms with Crippen LogP contribution in [-0.2, 0) is 9.53 Å². The van der Waals surface area contributed by atoms with E-state index in [0.29, 0.717) is 24.6 Å². The van der Waals surface area contributed by atoms with Gasteiger partial charge in [0.05, 0.1) is 18.0 Å². The van der Waals surface area contributed by atoms with Crippen molar-refractivity contribution in [2.75, 3.05) is 19.0 Å². The summed E-state index contributed by atoms with van der Waals surface area (Å²) >= 11 is 0. The van der Waals surface area contributed by atoms with Crippen molar-refractivity contribution in [1.82, 2.24) is 4.98 Å². The van der Waals surface area contributed by atoms with Crippen LogP contribution in [0.2, 0.25) is 0 Å². The lowest BCUT2D eigenvalue weighted by Gasteiger charge is -2.25. The number of hydrogen-bond donors (Lipinski definition) is 1. The van der Waals surface area contributed by atoms with Crippen molar-refractivity contribution in [2.45, 2.75) is 52.6 Å². The second kappa shape index (κ2) is 7.98. The third kappa shape index (κ3) is 4.70. The molecular weight excluding hydrogens is 268 g/mol. The lowest BCUT2D eigenvalue weighted by Crippen LogP contribution is -2.41. The maximum absolute atomic E-state index is 12.2. The Balaban J connectivity index is 2.74. The van der Waals surface area contributed by atoms with Gasteiger partial charge in [0, 0.05) is 13.2 Å². The number of amides is 1. The highest BCUT2D eigenvalue weighted by Gasteiger charge is 2.31. The second-order valence-corrected chi connectivity index (χ2v) is 5.23. The molecule has 0 saturated heterocycles. The van der Waals surface area contributed by atoms with E-state index in [2.05, 4.69) is 17.2 Å². The zero-order chi connectivity index (χ0) is 15.9. The van der Waals surface area contributed by atoms with Crippen molar-refractivity contribution >= 4 is 11.6 Å². The Labute approximate surface area is 127 Å². The van der Waals surface area contributed by atoms with E-state index in [0.717, 1.165) is 18.5 Å². The fraction of sp³-hybridized carbons (Fsp3) is 0.625. The van der Waals surface area contributed by atoms with Crippen molar-refractivity contribution < 1.29 is 14.3 Å². The predicted molar refractivity (Wildman–Crippen MR) is 83.7 cm³/mol. The minimum absolute atomic E-state index is 0.169. The van der Waals surface area contributed by atoms with E-state index in [1.807, 2.05) is 19.9 Å². The predicted octanol–water partition coefficient (Wildman–Crippen LogP) is 3.32. The van der Waals surface area contributed by atoms with E-state index in [1.165, 1.54) is 0 Å². The summed E-state index contributed by atoms with van der Waals surface area (Å²) in [5, 5.41) is 2.87. The number of ether oxygens (including phenoxy) is 2. The Hall–Kier alpha value is -1.62. The third-order valence-corrected chi connectivity index (χ3v) is 3.66. The summed E-state index contributed by atoms with van der Waals surface area (Å²) in [7, 11) is 1.54. The van der Waals surface area contributed by atoms with Crippen LogP contribution in [0, 0.1) is 6.92 Å². The fourth-order valence-electron chi connectivity index (χ4n) is 1.72. The number of aryl methyl sites for hydroxylation is 1. The molecule has 5 heteroatoms. The van der Waals surface area contributed by atoms with Crippen molar-refractivity contribution in [3.63, 3.8) is 0 Å². The van der Waals surface area contributed by atoms with Gasteiger partial charge in [-0.25, -0.2) is 4.98 Å². The van der Waals surface area contributed by atoms with Gasteiger partial charge in [-0.1, -0.05) is 20.3 Å². The van der Waals surface area contributed by atoms with Crippen molar-refractivity contribution in [2.24, 2.45) is 0 Å². The van der Waals surface area contributed by atoms with Crippen LogP contribution in [0.4, 0.5) is 5.69 Å². The standard InChI is InChI=1S/C16H26N2O3/c1-6-8-11-21-14-10-9-13(12(3)17-14)18-15(19)16(4,7-2)20-5/h9-10H,6-8,11H2,1-5H3,(H,18,19). The Morgan fingerprint density at radius 3 is 2.62 bits per heavy atom. The van der Waals surface area contributed by atoms with Crippen molar-refractivity contribution in [3.8, 4) is 5.88 Å². The molecule has 1 unspecified atom stereocenters. The van der Waals surface area contributed by atoms with Gasteiger partial charge in [0.25, 0.3) is 5.91 Å². The van der Waals surface area contributed by atoms with Gasteiger partial charge < -0.3 is 14.8 Å². The number of carbonyl (C=O) groups excluding carboxylic acids is 1. The highest BCUT2D eigenvalue weighted by Crippen LogP contribution is 2.21. The molecule has 1 rings (SSSR count).